The Labute approximate surface area is 197 Å². The van der Waals surface area contributed by atoms with E-state index in [0.717, 1.165) is 54.8 Å². The summed E-state index contributed by atoms with van der Waals surface area (Å²) in [6, 6.07) is 12.0. The topological polar surface area (TPSA) is 71.0 Å². The monoisotopic (exact) mass is 527 g/mol. The normalized spacial score (nSPS) is 10.9. The molecule has 7 nitrogen and oxygen atoms in total. The molecule has 0 saturated heterocycles. The summed E-state index contributed by atoms with van der Waals surface area (Å²) in [5.74, 6) is 2.56. The standard InChI is InChI=1S/C22H33N5O2.HI/c1-5-29-15-7-14-24-22(25-16-18-9-11-20(28-4)12-10-18)26-17-19-8-6-13-23-21(19)27(2)3;/h6,8-13H,5,7,14-17H2,1-4H3,(H2,24,25,26);1H. The lowest BCUT2D eigenvalue weighted by atomic mass is 10.2. The van der Waals surface area contributed by atoms with Crippen molar-refractivity contribution < 1.29 is 9.47 Å². The van der Waals surface area contributed by atoms with E-state index in [1.807, 2.05) is 62.4 Å². The fourth-order valence-corrected chi connectivity index (χ4v) is 2.75. The molecule has 1 aromatic heterocycles. The minimum absolute atomic E-state index is 0. The van der Waals surface area contributed by atoms with Crippen molar-refractivity contribution in [2.45, 2.75) is 26.4 Å². The molecular formula is C22H34IN5O2. The quantitative estimate of drug-likeness (QED) is 0.202. The molecule has 0 fully saturated rings. The number of aromatic nitrogens is 1. The molecule has 0 aliphatic rings. The third kappa shape index (κ3) is 9.17. The zero-order valence-electron chi connectivity index (χ0n) is 18.4. The number of pyridine rings is 1. The highest BCUT2D eigenvalue weighted by molar-refractivity contribution is 14.0. The highest BCUT2D eigenvalue weighted by atomic mass is 127. The summed E-state index contributed by atoms with van der Waals surface area (Å²) < 4.78 is 10.6. The Morgan fingerprint density at radius 3 is 2.57 bits per heavy atom. The van der Waals surface area contributed by atoms with Gasteiger partial charge in [-0.1, -0.05) is 18.2 Å². The van der Waals surface area contributed by atoms with E-state index in [-0.39, 0.29) is 24.0 Å². The maximum atomic E-state index is 5.41. The smallest absolute Gasteiger partial charge is 0.191 e. The third-order valence-electron chi connectivity index (χ3n) is 4.28. The average molecular weight is 527 g/mol. The number of anilines is 1. The van der Waals surface area contributed by atoms with Crippen LogP contribution in [-0.2, 0) is 17.8 Å². The second kappa shape index (κ2) is 14.8. The first-order valence-electron chi connectivity index (χ1n) is 9.98. The van der Waals surface area contributed by atoms with Crippen LogP contribution in [0.1, 0.15) is 24.5 Å². The molecule has 2 N–H and O–H groups in total. The first kappa shape index (κ1) is 26.0. The minimum atomic E-state index is 0. The summed E-state index contributed by atoms with van der Waals surface area (Å²) in [4.78, 5) is 11.2. The van der Waals surface area contributed by atoms with Crippen LogP contribution in [0.25, 0.3) is 0 Å². The van der Waals surface area contributed by atoms with E-state index in [1.165, 1.54) is 0 Å². The lowest BCUT2D eigenvalue weighted by Crippen LogP contribution is -2.38. The molecule has 0 unspecified atom stereocenters. The number of nitrogens with zero attached hydrogens (tertiary/aromatic N) is 3. The molecule has 1 aromatic carbocycles. The number of guanidine groups is 1. The molecule has 0 aliphatic carbocycles. The van der Waals surface area contributed by atoms with Gasteiger partial charge in [-0.2, -0.15) is 0 Å². The molecule has 166 valence electrons. The Morgan fingerprint density at radius 1 is 1.13 bits per heavy atom. The fourth-order valence-electron chi connectivity index (χ4n) is 2.75. The van der Waals surface area contributed by atoms with Gasteiger partial charge in [-0.15, -0.1) is 24.0 Å². The van der Waals surface area contributed by atoms with E-state index < -0.39 is 0 Å². The van der Waals surface area contributed by atoms with Gasteiger partial charge >= 0.3 is 0 Å². The van der Waals surface area contributed by atoms with E-state index in [2.05, 4.69) is 21.7 Å². The molecule has 0 atom stereocenters. The van der Waals surface area contributed by atoms with Crippen LogP contribution in [0.3, 0.4) is 0 Å². The number of hydrogen-bond donors (Lipinski definition) is 2. The molecule has 0 saturated carbocycles. The zero-order valence-corrected chi connectivity index (χ0v) is 20.7. The van der Waals surface area contributed by atoms with Crippen molar-refractivity contribution in [2.24, 2.45) is 4.99 Å². The average Bonchev–Trinajstić information content (AvgIpc) is 2.75. The summed E-state index contributed by atoms with van der Waals surface area (Å²) in [6.45, 7) is 5.50. The molecular weight excluding hydrogens is 493 g/mol. The fraction of sp³-hybridized carbons (Fsp3) is 0.455. The summed E-state index contributed by atoms with van der Waals surface area (Å²) in [5.41, 5.74) is 2.24. The van der Waals surface area contributed by atoms with Crippen molar-refractivity contribution in [3.63, 3.8) is 0 Å². The van der Waals surface area contributed by atoms with Crippen molar-refractivity contribution in [2.75, 3.05) is 45.9 Å². The summed E-state index contributed by atoms with van der Waals surface area (Å²) in [5, 5.41) is 6.81. The van der Waals surface area contributed by atoms with Gasteiger partial charge in [-0.25, -0.2) is 9.98 Å². The number of ether oxygens (including phenoxy) is 2. The summed E-state index contributed by atoms with van der Waals surface area (Å²) in [7, 11) is 5.66. The molecule has 0 spiro atoms. The van der Waals surface area contributed by atoms with E-state index in [9.17, 15) is 0 Å². The number of rotatable bonds is 11. The highest BCUT2D eigenvalue weighted by Crippen LogP contribution is 2.14. The van der Waals surface area contributed by atoms with Crippen LogP contribution in [0, 0.1) is 0 Å². The molecule has 1 heterocycles. The summed E-state index contributed by atoms with van der Waals surface area (Å²) >= 11 is 0. The number of aliphatic imine (C=N–C) groups is 1. The predicted molar refractivity (Wildman–Crippen MR) is 134 cm³/mol. The van der Waals surface area contributed by atoms with Crippen LogP contribution in [-0.4, -0.2) is 51.9 Å². The molecule has 8 heteroatoms. The Kier molecular flexibility index (Phi) is 12.8. The van der Waals surface area contributed by atoms with Crippen LogP contribution < -0.4 is 20.3 Å². The van der Waals surface area contributed by atoms with Gasteiger partial charge in [0.1, 0.15) is 11.6 Å². The lowest BCUT2D eigenvalue weighted by molar-refractivity contribution is 0.145. The van der Waals surface area contributed by atoms with Gasteiger partial charge < -0.3 is 25.0 Å². The molecule has 0 amide bonds. The van der Waals surface area contributed by atoms with E-state index in [4.69, 9.17) is 14.5 Å². The minimum Gasteiger partial charge on any atom is -0.497 e. The van der Waals surface area contributed by atoms with Crippen molar-refractivity contribution in [1.29, 1.82) is 0 Å². The van der Waals surface area contributed by atoms with Gasteiger partial charge in [0.05, 0.1) is 13.7 Å². The second-order valence-electron chi connectivity index (χ2n) is 6.72. The molecule has 0 radical (unpaired) electrons. The van der Waals surface area contributed by atoms with Crippen LogP contribution in [0.2, 0.25) is 0 Å². The van der Waals surface area contributed by atoms with Gasteiger partial charge in [0.25, 0.3) is 0 Å². The van der Waals surface area contributed by atoms with Crippen LogP contribution in [0.4, 0.5) is 5.82 Å². The van der Waals surface area contributed by atoms with Crippen molar-refractivity contribution in [1.82, 2.24) is 15.6 Å². The maximum absolute atomic E-state index is 5.41. The van der Waals surface area contributed by atoms with Gasteiger partial charge in [-0.3, -0.25) is 0 Å². The highest BCUT2D eigenvalue weighted by Gasteiger charge is 2.07. The van der Waals surface area contributed by atoms with Gasteiger partial charge in [0, 0.05) is 52.2 Å². The van der Waals surface area contributed by atoms with Crippen LogP contribution in [0.15, 0.2) is 47.6 Å². The Bertz CT molecular complexity index is 753. The first-order valence-corrected chi connectivity index (χ1v) is 9.98. The van der Waals surface area contributed by atoms with Crippen LogP contribution >= 0.6 is 24.0 Å². The summed E-state index contributed by atoms with van der Waals surface area (Å²) in [6.07, 6.45) is 2.73. The Balaban J connectivity index is 0.00000450. The van der Waals surface area contributed by atoms with E-state index in [1.54, 1.807) is 7.11 Å². The van der Waals surface area contributed by atoms with Crippen molar-refractivity contribution >= 4 is 35.8 Å². The molecule has 0 bridgehead atoms. The third-order valence-corrected chi connectivity index (χ3v) is 4.28. The Morgan fingerprint density at radius 2 is 1.90 bits per heavy atom. The SMILES string of the molecule is CCOCCCNC(=NCc1ccc(OC)cc1)NCc1cccnc1N(C)C.I. The maximum Gasteiger partial charge on any atom is 0.191 e. The number of halogens is 1. The zero-order chi connectivity index (χ0) is 20.9. The van der Waals surface area contributed by atoms with Crippen LogP contribution in [0.5, 0.6) is 5.75 Å². The number of benzene rings is 1. The Hall–Kier alpha value is -2.07. The lowest BCUT2D eigenvalue weighted by Gasteiger charge is -2.18. The largest absolute Gasteiger partial charge is 0.497 e. The molecule has 2 aromatic rings. The number of nitrogens with one attached hydrogen (secondary N) is 2. The van der Waals surface area contributed by atoms with Gasteiger partial charge in [-0.05, 0) is 37.1 Å². The predicted octanol–water partition coefficient (Wildman–Crippen LogP) is 3.44. The van der Waals surface area contributed by atoms with E-state index in [0.29, 0.717) is 13.1 Å². The molecule has 2 rings (SSSR count). The first-order chi connectivity index (χ1) is 14.1. The second-order valence-corrected chi connectivity index (χ2v) is 6.72. The number of methoxy groups -OCH3 is 1. The van der Waals surface area contributed by atoms with E-state index >= 15 is 0 Å². The molecule has 30 heavy (non-hydrogen) atoms. The van der Waals surface area contributed by atoms with Gasteiger partial charge in [0.15, 0.2) is 5.96 Å². The van der Waals surface area contributed by atoms with Crippen molar-refractivity contribution in [3.8, 4) is 5.75 Å². The van der Waals surface area contributed by atoms with Gasteiger partial charge in [0.2, 0.25) is 0 Å². The number of hydrogen-bond acceptors (Lipinski definition) is 5. The van der Waals surface area contributed by atoms with Crippen molar-refractivity contribution in [3.05, 3.63) is 53.7 Å². The molecule has 0 aliphatic heterocycles.